The molecule has 3 aromatic heterocycles. The van der Waals surface area contributed by atoms with Crippen LogP contribution in [0.5, 0.6) is 0 Å². The lowest BCUT2D eigenvalue weighted by atomic mass is 10.0. The number of hydrogen-bond acceptors (Lipinski definition) is 11. The number of rotatable bonds is 7. The van der Waals surface area contributed by atoms with Crippen molar-refractivity contribution in [3.8, 4) is 11.3 Å². The number of hydrogen-bond donors (Lipinski definition) is 4. The molecule has 0 bridgehead atoms. The Morgan fingerprint density at radius 1 is 1.31 bits per heavy atom. The highest BCUT2D eigenvalue weighted by Gasteiger charge is 2.54. The van der Waals surface area contributed by atoms with E-state index in [-0.39, 0.29) is 28.8 Å². The minimum absolute atomic E-state index is 0.0728. The number of amides is 2. The van der Waals surface area contributed by atoms with Crippen LogP contribution in [0.4, 0.5) is 5.13 Å². The average Bonchev–Trinajstić information content (AvgIpc) is 3.55. The molecule has 0 aliphatic carbocycles. The molecule has 1 saturated heterocycles. The lowest BCUT2D eigenvalue weighted by Crippen LogP contribution is -2.71. The molecule has 36 heavy (non-hydrogen) atoms. The van der Waals surface area contributed by atoms with E-state index >= 15 is 0 Å². The molecule has 3 aromatic rings. The largest absolute Gasteiger partial charge is 0.477 e. The third kappa shape index (κ3) is 4.31. The molecule has 0 aromatic carbocycles. The van der Waals surface area contributed by atoms with Crippen molar-refractivity contribution >= 4 is 63.1 Å². The van der Waals surface area contributed by atoms with Crippen LogP contribution in [-0.4, -0.2) is 65.8 Å². The zero-order valence-corrected chi connectivity index (χ0v) is 20.7. The third-order valence-corrected chi connectivity index (χ3v) is 8.21. The number of nitrogens with two attached hydrogens (primary N) is 1. The van der Waals surface area contributed by atoms with Gasteiger partial charge in [0.25, 0.3) is 11.8 Å². The Bertz CT molecular complexity index is 1400. The van der Waals surface area contributed by atoms with E-state index in [1.54, 1.807) is 5.51 Å². The SMILES string of the molecule is Nc1nc(/C(=N/O)C(=O)N[C@@H]2C(=O)N3C(C(=O)O)=C(C[n+]4ccc(-c5cscn5)cc4)CS[C@H]23)cs1. The Morgan fingerprint density at radius 2 is 2.08 bits per heavy atom. The number of nitrogen functional groups attached to an aromatic ring is 1. The van der Waals surface area contributed by atoms with Crippen LogP contribution in [-0.2, 0) is 20.9 Å². The Morgan fingerprint density at radius 3 is 2.69 bits per heavy atom. The predicted molar refractivity (Wildman–Crippen MR) is 132 cm³/mol. The second-order valence-electron chi connectivity index (χ2n) is 7.77. The van der Waals surface area contributed by atoms with E-state index in [1.807, 2.05) is 34.5 Å². The van der Waals surface area contributed by atoms with Crippen LogP contribution in [0.1, 0.15) is 5.69 Å². The van der Waals surface area contributed by atoms with Crippen molar-refractivity contribution in [3.05, 3.63) is 57.8 Å². The average molecular weight is 545 g/mol. The van der Waals surface area contributed by atoms with Gasteiger partial charge >= 0.3 is 5.97 Å². The number of carboxylic acids is 1. The number of carbonyl (C=O) groups is 3. The van der Waals surface area contributed by atoms with Gasteiger partial charge in [0.15, 0.2) is 29.8 Å². The number of carbonyl (C=O) groups excluding carboxylic acids is 2. The topological polar surface area (TPSA) is 175 Å². The molecule has 2 amide bonds. The predicted octanol–water partition coefficient (Wildman–Crippen LogP) is 0.753. The molecule has 5 N–H and O–H groups in total. The second-order valence-corrected chi connectivity index (χ2v) is 10.5. The fourth-order valence-electron chi connectivity index (χ4n) is 3.93. The first-order valence-corrected chi connectivity index (χ1v) is 13.3. The molecule has 5 rings (SSSR count). The first-order chi connectivity index (χ1) is 17.4. The van der Waals surface area contributed by atoms with Crippen LogP contribution in [0, 0.1) is 0 Å². The number of aromatic nitrogens is 3. The van der Waals surface area contributed by atoms with Gasteiger partial charge in [-0.15, -0.1) is 34.4 Å². The summed E-state index contributed by atoms with van der Waals surface area (Å²) in [7, 11) is 0. The molecule has 0 saturated carbocycles. The highest BCUT2D eigenvalue weighted by molar-refractivity contribution is 8.00. The van der Waals surface area contributed by atoms with Crippen LogP contribution in [0.2, 0.25) is 0 Å². The van der Waals surface area contributed by atoms with Crippen LogP contribution in [0.15, 0.2) is 57.2 Å². The van der Waals surface area contributed by atoms with E-state index in [1.165, 1.54) is 33.4 Å². The van der Waals surface area contributed by atoms with Gasteiger partial charge in [-0.05, 0) is 0 Å². The second kappa shape index (κ2) is 9.67. The highest BCUT2D eigenvalue weighted by Crippen LogP contribution is 2.40. The van der Waals surface area contributed by atoms with Gasteiger partial charge in [0, 0.05) is 39.8 Å². The fraction of sp³-hybridized carbons (Fsp3) is 0.190. The first kappa shape index (κ1) is 23.9. The number of β-lactam (4-membered cyclic amide) rings is 1. The van der Waals surface area contributed by atoms with Crippen molar-refractivity contribution in [2.24, 2.45) is 5.16 Å². The maximum atomic E-state index is 12.9. The molecule has 12 nitrogen and oxygen atoms in total. The van der Waals surface area contributed by atoms with Gasteiger partial charge in [0.2, 0.25) is 0 Å². The highest BCUT2D eigenvalue weighted by atomic mass is 32.2. The lowest BCUT2D eigenvalue weighted by molar-refractivity contribution is -0.689. The van der Waals surface area contributed by atoms with Crippen LogP contribution in [0.3, 0.4) is 0 Å². The molecule has 2 aliphatic heterocycles. The number of thioether (sulfide) groups is 1. The van der Waals surface area contributed by atoms with Crippen molar-refractivity contribution < 1.29 is 29.3 Å². The molecular formula is C21H18N7O5S3+. The van der Waals surface area contributed by atoms with Gasteiger partial charge in [-0.2, -0.15) is 0 Å². The third-order valence-electron chi connectivity index (χ3n) is 5.61. The molecule has 1 fully saturated rings. The van der Waals surface area contributed by atoms with Crippen LogP contribution >= 0.6 is 34.4 Å². The minimum Gasteiger partial charge on any atom is -0.477 e. The molecule has 0 unspecified atom stereocenters. The minimum atomic E-state index is -1.22. The number of nitrogens with one attached hydrogen (secondary N) is 1. The van der Waals surface area contributed by atoms with Crippen molar-refractivity contribution in [3.63, 3.8) is 0 Å². The summed E-state index contributed by atoms with van der Waals surface area (Å²) in [6, 6.07) is 2.81. The van der Waals surface area contributed by atoms with Crippen molar-refractivity contribution in [1.82, 2.24) is 20.2 Å². The molecule has 2 atom stereocenters. The van der Waals surface area contributed by atoms with Gasteiger partial charge in [0.05, 0.1) is 11.2 Å². The van der Waals surface area contributed by atoms with E-state index in [0.29, 0.717) is 11.3 Å². The number of anilines is 1. The summed E-state index contributed by atoms with van der Waals surface area (Å²) in [5.41, 5.74) is 9.30. The summed E-state index contributed by atoms with van der Waals surface area (Å²) in [4.78, 5) is 47.1. The summed E-state index contributed by atoms with van der Waals surface area (Å²) in [6.45, 7) is 0.284. The summed E-state index contributed by atoms with van der Waals surface area (Å²) in [5, 5.41) is 27.7. The first-order valence-electron chi connectivity index (χ1n) is 10.4. The zero-order chi connectivity index (χ0) is 25.4. The number of oxime groups is 1. The Kier molecular flexibility index (Phi) is 6.42. The number of fused-ring (bicyclic) bond motifs is 1. The molecule has 0 radical (unpaired) electrons. The van der Waals surface area contributed by atoms with Gasteiger partial charge in [-0.3, -0.25) is 14.5 Å². The zero-order valence-electron chi connectivity index (χ0n) is 18.3. The van der Waals surface area contributed by atoms with Crippen molar-refractivity contribution in [2.75, 3.05) is 11.5 Å². The van der Waals surface area contributed by atoms with E-state index in [9.17, 15) is 24.7 Å². The molecule has 5 heterocycles. The molecular weight excluding hydrogens is 526 g/mol. The fourth-order valence-corrected chi connectivity index (χ4v) is 6.38. The maximum absolute atomic E-state index is 12.9. The Labute approximate surface area is 215 Å². The molecule has 184 valence electrons. The normalized spacial score (nSPS) is 19.6. The number of nitrogens with zero attached hydrogens (tertiary/aromatic N) is 5. The number of thiazole rings is 2. The van der Waals surface area contributed by atoms with Gasteiger partial charge in [-0.1, -0.05) is 5.16 Å². The van der Waals surface area contributed by atoms with Crippen LogP contribution in [0.25, 0.3) is 11.3 Å². The summed E-state index contributed by atoms with van der Waals surface area (Å²) in [6.07, 6.45) is 3.67. The van der Waals surface area contributed by atoms with Crippen molar-refractivity contribution in [2.45, 2.75) is 18.0 Å². The van der Waals surface area contributed by atoms with E-state index in [4.69, 9.17) is 5.73 Å². The summed E-state index contributed by atoms with van der Waals surface area (Å²) < 4.78 is 1.84. The number of pyridine rings is 1. The van der Waals surface area contributed by atoms with Gasteiger partial charge in [-0.25, -0.2) is 19.3 Å². The lowest BCUT2D eigenvalue weighted by Gasteiger charge is -2.49. The number of carboxylic acid groups (broad SMARTS) is 1. The van der Waals surface area contributed by atoms with E-state index in [2.05, 4.69) is 20.4 Å². The summed E-state index contributed by atoms with van der Waals surface area (Å²) >= 11 is 3.91. The summed E-state index contributed by atoms with van der Waals surface area (Å²) in [5.74, 6) is -2.24. The monoisotopic (exact) mass is 544 g/mol. The standard InChI is InChI=1S/C21H17N7O5S3/c22-21-24-13(8-36-21)14(26-33)17(29)25-15-18(30)28-16(20(31)32)11(6-35-19(15)28)5-27-3-1-10(2-4-27)12-7-34-9-23-12/h1-4,7-9,15,19H,5-6H2,(H4-,22,24,25,29,31,32,33)/p+1/t15-,19-/m1/s1. The van der Waals surface area contributed by atoms with E-state index < -0.39 is 29.2 Å². The van der Waals surface area contributed by atoms with Gasteiger partial charge in [0.1, 0.15) is 22.8 Å². The quantitative estimate of drug-likeness (QED) is 0.110. The Hall–Kier alpha value is -3.82. The Balaban J connectivity index is 1.32. The van der Waals surface area contributed by atoms with Crippen molar-refractivity contribution in [1.29, 1.82) is 0 Å². The molecule has 0 spiro atoms. The molecule has 2 aliphatic rings. The number of aliphatic carboxylic acids is 1. The van der Waals surface area contributed by atoms with Crippen LogP contribution < -0.4 is 15.6 Å². The molecule has 15 heteroatoms. The smallest absolute Gasteiger partial charge is 0.352 e. The van der Waals surface area contributed by atoms with Gasteiger partial charge < -0.3 is 21.4 Å². The maximum Gasteiger partial charge on any atom is 0.352 e. The van der Waals surface area contributed by atoms with E-state index in [0.717, 1.165) is 22.6 Å².